The van der Waals surface area contributed by atoms with Gasteiger partial charge in [0.05, 0.1) is 0 Å². The first-order valence-corrected chi connectivity index (χ1v) is 22.9. The van der Waals surface area contributed by atoms with Gasteiger partial charge in [0.25, 0.3) is 0 Å². The molecule has 43 heavy (non-hydrogen) atoms. The first-order valence-electron chi connectivity index (χ1n) is 19.5. The van der Waals surface area contributed by atoms with E-state index in [0.717, 1.165) is 12.5 Å². The summed E-state index contributed by atoms with van der Waals surface area (Å²) in [7, 11) is 2.79. The molecule has 0 unspecified atom stereocenters. The lowest BCUT2D eigenvalue weighted by Gasteiger charge is -2.24. The molecule has 3 nitrogen and oxygen atoms in total. The van der Waals surface area contributed by atoms with Crippen molar-refractivity contribution in [3.63, 3.8) is 0 Å². The van der Waals surface area contributed by atoms with Crippen LogP contribution in [0.15, 0.2) is 0 Å². The smallest absolute Gasteiger partial charge is 0.377 e. The zero-order chi connectivity index (χ0) is 31.4. The molecule has 0 bridgehead atoms. The molecule has 0 aliphatic carbocycles. The van der Waals surface area contributed by atoms with Crippen LogP contribution in [0.4, 0.5) is 0 Å². The summed E-state index contributed by atoms with van der Waals surface area (Å²) in [5.74, 6) is 0. The number of alkyl halides is 1. The minimum Gasteiger partial charge on any atom is -0.377 e. The Hall–Kier alpha value is 0.827. The lowest BCUT2D eigenvalue weighted by atomic mass is 10.0. The molecule has 0 heterocycles. The topological polar surface area (TPSA) is 27.7 Å². The Bertz CT molecular complexity index is 495. The predicted molar refractivity (Wildman–Crippen MR) is 203 cm³/mol. The van der Waals surface area contributed by atoms with E-state index in [-0.39, 0.29) is 0 Å². The molecule has 0 rings (SSSR count). The summed E-state index contributed by atoms with van der Waals surface area (Å²) >= 11 is 2.50. The number of hydrogen-bond donors (Lipinski definition) is 0. The van der Waals surface area contributed by atoms with Gasteiger partial charge in [0.1, 0.15) is 0 Å². The average molecular weight is 739 g/mol. The largest absolute Gasteiger partial charge is 0.500 e. The molecule has 0 aromatic rings. The van der Waals surface area contributed by atoms with E-state index in [1.807, 2.05) is 0 Å². The van der Waals surface area contributed by atoms with E-state index in [1.165, 1.54) is 210 Å². The van der Waals surface area contributed by atoms with E-state index in [0.29, 0.717) is 0 Å². The Morgan fingerprint density at radius 3 is 0.605 bits per heavy atom. The van der Waals surface area contributed by atoms with Crippen LogP contribution in [0.2, 0.25) is 6.04 Å². The summed E-state index contributed by atoms with van der Waals surface area (Å²) in [5.41, 5.74) is 0. The van der Waals surface area contributed by atoms with E-state index in [9.17, 15) is 0 Å². The summed E-state index contributed by atoms with van der Waals surface area (Å²) in [6, 6.07) is 0.940. The van der Waals surface area contributed by atoms with Gasteiger partial charge < -0.3 is 13.3 Å². The predicted octanol–water partition coefficient (Wildman–Crippen LogP) is 14.2. The Morgan fingerprint density at radius 1 is 0.279 bits per heavy atom. The van der Waals surface area contributed by atoms with Gasteiger partial charge in [-0.2, -0.15) is 0 Å². The van der Waals surface area contributed by atoms with Gasteiger partial charge in [0.15, 0.2) is 0 Å². The Kier molecular flexibility index (Phi) is 38.0. The standard InChI is InChI=1S/C38H79IO3Si/c1-40-43(41-2,42-3)38-36-34-32-30-28-26-24-22-20-18-16-14-12-10-8-6-4-5-7-9-11-13-15-17-19-21-23-25-27-29-31-33-35-37-39/h4-38H2,1-3H3. The minimum atomic E-state index is -2.34. The second-order valence-electron chi connectivity index (χ2n) is 13.4. The van der Waals surface area contributed by atoms with Gasteiger partial charge in [-0.15, -0.1) is 0 Å². The molecule has 0 saturated heterocycles. The molecule has 0 fully saturated rings. The molecular formula is C38H79IO3Si. The van der Waals surface area contributed by atoms with Gasteiger partial charge in [-0.05, 0) is 17.3 Å². The third-order valence-electron chi connectivity index (χ3n) is 9.55. The van der Waals surface area contributed by atoms with Crippen molar-refractivity contribution in [2.75, 3.05) is 25.8 Å². The summed E-state index contributed by atoms with van der Waals surface area (Å²) in [6.45, 7) is 0. The Balaban J connectivity index is 3.12. The third-order valence-corrected chi connectivity index (χ3v) is 13.1. The number of rotatable bonds is 38. The molecule has 0 aliphatic heterocycles. The van der Waals surface area contributed by atoms with Crippen LogP contribution in [0, 0.1) is 0 Å². The molecule has 0 aliphatic rings. The lowest BCUT2D eigenvalue weighted by molar-refractivity contribution is 0.122. The summed E-state index contributed by atoms with van der Waals surface area (Å²) in [5, 5.41) is 0. The molecule has 260 valence electrons. The highest BCUT2D eigenvalue weighted by atomic mass is 127. The SMILES string of the molecule is CO[Si](CCCCCCCCCCCCCCCCCCCCCCCCCCCCCCCCCCCI)(OC)OC. The van der Waals surface area contributed by atoms with Crippen LogP contribution in [0.25, 0.3) is 0 Å². The highest BCUT2D eigenvalue weighted by Crippen LogP contribution is 2.19. The van der Waals surface area contributed by atoms with E-state index in [2.05, 4.69) is 22.6 Å². The van der Waals surface area contributed by atoms with Gasteiger partial charge in [-0.1, -0.05) is 222 Å². The molecule has 0 aromatic carbocycles. The Labute approximate surface area is 287 Å². The molecule has 5 heteroatoms. The number of hydrogen-bond acceptors (Lipinski definition) is 3. The highest BCUT2D eigenvalue weighted by Gasteiger charge is 2.36. The maximum Gasteiger partial charge on any atom is 0.500 e. The molecule has 0 spiro atoms. The summed E-state index contributed by atoms with van der Waals surface area (Å²) < 4.78 is 17.8. The number of unbranched alkanes of at least 4 members (excludes halogenated alkanes) is 32. The first-order chi connectivity index (χ1) is 21.2. The number of halogens is 1. The van der Waals surface area contributed by atoms with Crippen LogP contribution >= 0.6 is 22.6 Å². The minimum absolute atomic E-state index is 0.940. The monoisotopic (exact) mass is 738 g/mol. The lowest BCUT2D eigenvalue weighted by Crippen LogP contribution is -2.42. The van der Waals surface area contributed by atoms with E-state index >= 15 is 0 Å². The molecule has 0 amide bonds. The molecular weight excluding hydrogens is 659 g/mol. The van der Waals surface area contributed by atoms with Crippen LogP contribution in [0.3, 0.4) is 0 Å². The summed E-state index contributed by atoms with van der Waals surface area (Å²) in [6.07, 6.45) is 47.7. The maximum atomic E-state index is 5.50. The molecule has 0 saturated carbocycles. The van der Waals surface area contributed by atoms with Crippen molar-refractivity contribution in [1.82, 2.24) is 0 Å². The van der Waals surface area contributed by atoms with Crippen LogP contribution in [0.1, 0.15) is 212 Å². The van der Waals surface area contributed by atoms with Crippen LogP contribution < -0.4 is 0 Å². The highest BCUT2D eigenvalue weighted by molar-refractivity contribution is 14.1. The fraction of sp³-hybridized carbons (Fsp3) is 1.00. The van der Waals surface area contributed by atoms with Gasteiger partial charge >= 0.3 is 8.80 Å². The average Bonchev–Trinajstić information content (AvgIpc) is 3.03. The van der Waals surface area contributed by atoms with Gasteiger partial charge in [-0.3, -0.25) is 0 Å². The van der Waals surface area contributed by atoms with Crippen molar-refractivity contribution in [1.29, 1.82) is 0 Å². The Morgan fingerprint density at radius 2 is 0.442 bits per heavy atom. The zero-order valence-corrected chi connectivity index (χ0v) is 33.0. The van der Waals surface area contributed by atoms with Crippen LogP contribution in [-0.4, -0.2) is 34.6 Å². The zero-order valence-electron chi connectivity index (χ0n) is 29.9. The van der Waals surface area contributed by atoms with Gasteiger partial charge in [0, 0.05) is 27.4 Å². The van der Waals surface area contributed by atoms with Crippen molar-refractivity contribution in [2.24, 2.45) is 0 Å². The van der Waals surface area contributed by atoms with E-state index in [4.69, 9.17) is 13.3 Å². The molecule has 0 atom stereocenters. The van der Waals surface area contributed by atoms with Crippen molar-refractivity contribution >= 4 is 31.4 Å². The summed E-state index contributed by atoms with van der Waals surface area (Å²) in [4.78, 5) is 0. The maximum absolute atomic E-state index is 5.50. The normalized spacial score (nSPS) is 12.0. The van der Waals surface area contributed by atoms with Gasteiger partial charge in [0.2, 0.25) is 0 Å². The molecule has 0 aromatic heterocycles. The fourth-order valence-electron chi connectivity index (χ4n) is 6.47. The van der Waals surface area contributed by atoms with Crippen molar-refractivity contribution in [3.8, 4) is 0 Å². The third kappa shape index (κ3) is 32.6. The first kappa shape index (κ1) is 43.8. The molecule has 0 N–H and O–H groups in total. The van der Waals surface area contributed by atoms with Gasteiger partial charge in [-0.25, -0.2) is 0 Å². The van der Waals surface area contributed by atoms with Crippen molar-refractivity contribution in [3.05, 3.63) is 0 Å². The van der Waals surface area contributed by atoms with E-state index < -0.39 is 8.80 Å². The van der Waals surface area contributed by atoms with E-state index in [1.54, 1.807) is 21.3 Å². The quantitative estimate of drug-likeness (QED) is 0.0273. The second-order valence-corrected chi connectivity index (χ2v) is 17.6. The molecule has 0 radical (unpaired) electrons. The van der Waals surface area contributed by atoms with Crippen LogP contribution in [-0.2, 0) is 13.3 Å². The van der Waals surface area contributed by atoms with Crippen molar-refractivity contribution in [2.45, 2.75) is 218 Å². The second kappa shape index (κ2) is 37.3. The van der Waals surface area contributed by atoms with Crippen molar-refractivity contribution < 1.29 is 13.3 Å². The van der Waals surface area contributed by atoms with Crippen LogP contribution in [0.5, 0.6) is 0 Å². The fourth-order valence-corrected chi connectivity index (χ4v) is 8.81.